The lowest BCUT2D eigenvalue weighted by Gasteiger charge is -2.26. The van der Waals surface area contributed by atoms with Crippen LogP contribution in [-0.4, -0.2) is 35.4 Å². The summed E-state index contributed by atoms with van der Waals surface area (Å²) in [5, 5.41) is 4.84. The van der Waals surface area contributed by atoms with E-state index in [2.05, 4.69) is 22.4 Å². The molecular weight excluding hydrogens is 474 g/mol. The Morgan fingerprint density at radius 3 is 2.67 bits per heavy atom. The highest BCUT2D eigenvalue weighted by Crippen LogP contribution is 2.33. The second-order valence-corrected chi connectivity index (χ2v) is 8.97. The molecule has 1 aliphatic rings. The number of H-pyrrole nitrogens is 1. The van der Waals surface area contributed by atoms with Crippen LogP contribution in [0.15, 0.2) is 77.6 Å². The molecule has 0 radical (unpaired) electrons. The highest BCUT2D eigenvalue weighted by Gasteiger charge is 2.18. The lowest BCUT2D eigenvalue weighted by molar-refractivity contribution is 0.174. The number of aromatic nitrogens is 1. The zero-order valence-corrected chi connectivity index (χ0v) is 20.8. The molecule has 0 unspecified atom stereocenters. The van der Waals surface area contributed by atoms with E-state index < -0.39 is 0 Å². The molecule has 1 aromatic heterocycles. The van der Waals surface area contributed by atoms with Crippen LogP contribution in [0.1, 0.15) is 16.7 Å². The third kappa shape index (κ3) is 5.44. The van der Waals surface area contributed by atoms with Crippen molar-refractivity contribution in [2.24, 2.45) is 0 Å². The first-order valence-electron chi connectivity index (χ1n) is 11.7. The van der Waals surface area contributed by atoms with Crippen molar-refractivity contribution < 1.29 is 14.2 Å². The highest BCUT2D eigenvalue weighted by molar-refractivity contribution is 7.80. The molecule has 4 aromatic rings. The van der Waals surface area contributed by atoms with Crippen LogP contribution in [0.25, 0.3) is 10.9 Å². The van der Waals surface area contributed by atoms with Crippen LogP contribution in [0.4, 0.5) is 0 Å². The molecule has 8 heteroatoms. The van der Waals surface area contributed by atoms with Gasteiger partial charge in [-0.3, -0.25) is 4.79 Å². The number of nitrogens with zero attached hydrogens (tertiary/aromatic N) is 1. The number of pyridine rings is 1. The number of rotatable bonds is 8. The van der Waals surface area contributed by atoms with Crippen molar-refractivity contribution in [2.45, 2.75) is 19.5 Å². The quantitative estimate of drug-likeness (QED) is 0.347. The van der Waals surface area contributed by atoms with Gasteiger partial charge >= 0.3 is 0 Å². The topological polar surface area (TPSA) is 75.8 Å². The van der Waals surface area contributed by atoms with Gasteiger partial charge in [0.1, 0.15) is 5.75 Å². The van der Waals surface area contributed by atoms with Crippen LogP contribution >= 0.6 is 12.2 Å². The van der Waals surface area contributed by atoms with E-state index >= 15 is 0 Å². The molecule has 0 aliphatic carbocycles. The summed E-state index contributed by atoms with van der Waals surface area (Å²) in [6.07, 6.45) is 0.842. The van der Waals surface area contributed by atoms with Gasteiger partial charge in [0.05, 0.1) is 13.7 Å². The van der Waals surface area contributed by atoms with E-state index in [1.807, 2.05) is 65.6 Å². The highest BCUT2D eigenvalue weighted by atomic mass is 32.1. The SMILES string of the molecule is COc1ccc2[nH]c(=O)c(CN(Cc3ccc4c(c3)OCO4)C(=S)NCCc3ccccc3)cc2c1. The Labute approximate surface area is 214 Å². The van der Waals surface area contributed by atoms with Gasteiger partial charge in [0, 0.05) is 29.6 Å². The second kappa shape index (κ2) is 10.7. The molecule has 0 spiro atoms. The van der Waals surface area contributed by atoms with Crippen molar-refractivity contribution in [3.05, 3.63) is 99.8 Å². The molecule has 5 rings (SSSR count). The Balaban J connectivity index is 1.38. The van der Waals surface area contributed by atoms with Crippen molar-refractivity contribution in [3.63, 3.8) is 0 Å². The average molecular weight is 502 g/mol. The third-order valence-corrected chi connectivity index (χ3v) is 6.52. The third-order valence-electron chi connectivity index (χ3n) is 6.12. The number of benzene rings is 3. The number of hydrogen-bond donors (Lipinski definition) is 2. The molecule has 184 valence electrons. The maximum atomic E-state index is 12.9. The molecule has 0 saturated carbocycles. The van der Waals surface area contributed by atoms with Gasteiger partial charge in [-0.05, 0) is 66.2 Å². The van der Waals surface area contributed by atoms with Gasteiger partial charge in [-0.15, -0.1) is 0 Å². The van der Waals surface area contributed by atoms with Gasteiger partial charge < -0.3 is 29.4 Å². The summed E-state index contributed by atoms with van der Waals surface area (Å²) in [5.41, 5.74) is 3.47. The molecule has 0 atom stereocenters. The first-order chi connectivity index (χ1) is 17.6. The van der Waals surface area contributed by atoms with E-state index in [-0.39, 0.29) is 12.4 Å². The van der Waals surface area contributed by atoms with Gasteiger partial charge in [-0.2, -0.15) is 0 Å². The summed E-state index contributed by atoms with van der Waals surface area (Å²) >= 11 is 5.79. The Kier molecular flexibility index (Phi) is 7.04. The number of nitrogens with one attached hydrogen (secondary N) is 2. The molecular formula is C28H27N3O4S. The minimum absolute atomic E-state index is 0.143. The van der Waals surface area contributed by atoms with Crippen LogP contribution in [0, 0.1) is 0 Å². The summed E-state index contributed by atoms with van der Waals surface area (Å²) in [4.78, 5) is 17.9. The number of thiocarbonyl (C=S) groups is 1. The standard InChI is InChI=1S/C28H27N3O4S/c1-33-23-8-9-24-21(15-23)14-22(27(32)30-24)17-31(16-20-7-10-25-26(13-20)35-18-34-25)28(36)29-12-11-19-5-3-2-4-6-19/h2-10,13-15H,11-12,16-18H2,1H3,(H,29,36)(H,30,32). The first kappa shape index (κ1) is 23.7. The molecule has 36 heavy (non-hydrogen) atoms. The van der Waals surface area contributed by atoms with Gasteiger partial charge in [-0.1, -0.05) is 36.4 Å². The molecule has 2 N–H and O–H groups in total. The van der Waals surface area contributed by atoms with Crippen molar-refractivity contribution >= 4 is 28.2 Å². The van der Waals surface area contributed by atoms with E-state index in [0.29, 0.717) is 36.1 Å². The van der Waals surface area contributed by atoms with Crippen LogP contribution in [-0.2, 0) is 19.5 Å². The van der Waals surface area contributed by atoms with Crippen molar-refractivity contribution in [2.75, 3.05) is 20.4 Å². The lowest BCUT2D eigenvalue weighted by atomic mass is 10.1. The summed E-state index contributed by atoms with van der Waals surface area (Å²) in [7, 11) is 1.63. The van der Waals surface area contributed by atoms with Gasteiger partial charge in [-0.25, -0.2) is 0 Å². The Bertz CT molecular complexity index is 1440. The predicted octanol–water partition coefficient (Wildman–Crippen LogP) is 4.38. The van der Waals surface area contributed by atoms with Crippen LogP contribution in [0.2, 0.25) is 0 Å². The number of methoxy groups -OCH3 is 1. The normalized spacial score (nSPS) is 11.9. The fourth-order valence-corrected chi connectivity index (χ4v) is 4.44. The van der Waals surface area contributed by atoms with Crippen molar-refractivity contribution in [1.82, 2.24) is 15.2 Å². The van der Waals surface area contributed by atoms with Gasteiger partial charge in [0.25, 0.3) is 5.56 Å². The summed E-state index contributed by atoms with van der Waals surface area (Å²) in [6, 6.07) is 23.6. The summed E-state index contributed by atoms with van der Waals surface area (Å²) in [6.45, 7) is 1.75. The smallest absolute Gasteiger partial charge is 0.253 e. The molecule has 0 fully saturated rings. The number of hydrogen-bond acceptors (Lipinski definition) is 5. The molecule has 7 nitrogen and oxygen atoms in total. The number of ether oxygens (including phenoxy) is 3. The zero-order valence-electron chi connectivity index (χ0n) is 20.0. The van der Waals surface area contributed by atoms with Crippen molar-refractivity contribution in [1.29, 1.82) is 0 Å². The lowest BCUT2D eigenvalue weighted by Crippen LogP contribution is -2.40. The van der Waals surface area contributed by atoms with E-state index in [4.69, 9.17) is 26.4 Å². The molecule has 1 aliphatic heterocycles. The van der Waals surface area contributed by atoms with E-state index in [1.54, 1.807) is 7.11 Å². The van der Waals surface area contributed by atoms with Gasteiger partial charge in [0.15, 0.2) is 16.6 Å². The zero-order chi connectivity index (χ0) is 24.9. The Hall–Kier alpha value is -4.04. The second-order valence-electron chi connectivity index (χ2n) is 8.59. The monoisotopic (exact) mass is 501 g/mol. The number of fused-ring (bicyclic) bond motifs is 2. The predicted molar refractivity (Wildman–Crippen MR) is 144 cm³/mol. The largest absolute Gasteiger partial charge is 0.497 e. The van der Waals surface area contributed by atoms with E-state index in [9.17, 15) is 4.79 Å². The average Bonchev–Trinajstić information content (AvgIpc) is 3.37. The van der Waals surface area contributed by atoms with E-state index in [1.165, 1.54) is 5.56 Å². The summed E-state index contributed by atoms with van der Waals surface area (Å²) in [5.74, 6) is 2.18. The molecule has 3 aromatic carbocycles. The minimum atomic E-state index is -0.143. The van der Waals surface area contributed by atoms with Gasteiger partial charge in [0.2, 0.25) is 6.79 Å². The Morgan fingerprint density at radius 1 is 1.00 bits per heavy atom. The maximum absolute atomic E-state index is 12.9. The maximum Gasteiger partial charge on any atom is 0.253 e. The van der Waals surface area contributed by atoms with Crippen LogP contribution in [0.5, 0.6) is 17.2 Å². The Morgan fingerprint density at radius 2 is 1.83 bits per heavy atom. The van der Waals surface area contributed by atoms with Crippen LogP contribution in [0.3, 0.4) is 0 Å². The first-order valence-corrected chi connectivity index (χ1v) is 12.1. The fraction of sp³-hybridized carbons (Fsp3) is 0.214. The molecule has 0 saturated heterocycles. The van der Waals surface area contributed by atoms with Crippen LogP contribution < -0.4 is 25.1 Å². The minimum Gasteiger partial charge on any atom is -0.497 e. The summed E-state index contributed by atoms with van der Waals surface area (Å²) < 4.78 is 16.3. The fourth-order valence-electron chi connectivity index (χ4n) is 4.21. The van der Waals surface area contributed by atoms with Crippen molar-refractivity contribution in [3.8, 4) is 17.2 Å². The molecule has 0 amide bonds. The molecule has 0 bridgehead atoms. The molecule has 2 heterocycles. The number of aromatic amines is 1. The van der Waals surface area contributed by atoms with E-state index in [0.717, 1.165) is 34.4 Å².